The summed E-state index contributed by atoms with van der Waals surface area (Å²) in [5.74, 6) is -0.829. The number of ketones is 1. The van der Waals surface area contributed by atoms with E-state index in [4.69, 9.17) is 11.6 Å². The fourth-order valence-corrected chi connectivity index (χ4v) is 3.59. The minimum absolute atomic E-state index is 0.0450. The molecule has 0 aliphatic heterocycles. The molecular formula is C18H11ClN4O3S. The van der Waals surface area contributed by atoms with Gasteiger partial charge in [0.25, 0.3) is 0 Å². The molecule has 1 amide bonds. The van der Waals surface area contributed by atoms with E-state index in [1.807, 2.05) is 0 Å². The molecule has 0 aliphatic carbocycles. The first-order chi connectivity index (χ1) is 13.1. The van der Waals surface area contributed by atoms with E-state index >= 15 is 0 Å². The highest BCUT2D eigenvalue weighted by Crippen LogP contribution is 2.35. The lowest BCUT2D eigenvalue weighted by molar-refractivity contribution is 0.104. The number of aromatic hydroxyl groups is 1. The first-order valence-electron chi connectivity index (χ1n) is 7.74. The summed E-state index contributed by atoms with van der Waals surface area (Å²) in [5, 5.41) is 15.9. The van der Waals surface area contributed by atoms with Gasteiger partial charge in [-0.3, -0.25) is 4.79 Å². The number of halogens is 1. The van der Waals surface area contributed by atoms with Gasteiger partial charge in [-0.15, -0.1) is 11.3 Å². The molecule has 0 bridgehead atoms. The van der Waals surface area contributed by atoms with E-state index in [9.17, 15) is 14.7 Å². The summed E-state index contributed by atoms with van der Waals surface area (Å²) in [7, 11) is 0. The maximum absolute atomic E-state index is 12.9. The van der Waals surface area contributed by atoms with Crippen LogP contribution in [0.2, 0.25) is 5.02 Å². The summed E-state index contributed by atoms with van der Waals surface area (Å²) in [6.07, 6.45) is 4.16. The van der Waals surface area contributed by atoms with E-state index in [1.54, 1.807) is 29.6 Å². The van der Waals surface area contributed by atoms with E-state index in [0.29, 0.717) is 26.5 Å². The van der Waals surface area contributed by atoms with Gasteiger partial charge >= 0.3 is 6.03 Å². The van der Waals surface area contributed by atoms with E-state index in [1.165, 1.54) is 36.1 Å². The van der Waals surface area contributed by atoms with E-state index in [0.717, 1.165) is 4.57 Å². The lowest BCUT2D eigenvalue weighted by Crippen LogP contribution is -2.19. The summed E-state index contributed by atoms with van der Waals surface area (Å²) >= 11 is 7.32. The van der Waals surface area contributed by atoms with Crippen molar-refractivity contribution in [2.45, 2.75) is 0 Å². The highest BCUT2D eigenvalue weighted by molar-refractivity contribution is 7.12. The highest BCUT2D eigenvalue weighted by Gasteiger charge is 2.27. The van der Waals surface area contributed by atoms with Gasteiger partial charge in [-0.05, 0) is 23.6 Å². The van der Waals surface area contributed by atoms with Gasteiger partial charge in [-0.1, -0.05) is 23.7 Å². The second-order valence-electron chi connectivity index (χ2n) is 5.56. The monoisotopic (exact) mass is 398 g/mol. The minimum Gasteiger partial charge on any atom is -0.494 e. The number of aromatic nitrogens is 3. The molecule has 0 aliphatic rings. The Labute approximate surface area is 161 Å². The molecule has 0 radical (unpaired) electrons. The second kappa shape index (κ2) is 6.82. The van der Waals surface area contributed by atoms with Crippen LogP contribution in [0.15, 0.2) is 54.4 Å². The van der Waals surface area contributed by atoms with Crippen molar-refractivity contribution < 1.29 is 14.7 Å². The van der Waals surface area contributed by atoms with Crippen molar-refractivity contribution in [3.8, 4) is 5.88 Å². The number of anilines is 1. The first-order valence-corrected chi connectivity index (χ1v) is 8.99. The molecule has 0 saturated carbocycles. The third-order valence-electron chi connectivity index (χ3n) is 3.89. The number of hydrogen-bond donors (Lipinski definition) is 2. The lowest BCUT2D eigenvalue weighted by Gasteiger charge is -2.07. The Morgan fingerprint density at radius 3 is 2.67 bits per heavy atom. The fraction of sp³-hybridized carbons (Fsp3) is 0. The summed E-state index contributed by atoms with van der Waals surface area (Å²) in [4.78, 5) is 33.7. The number of carbonyl (C=O) groups is 2. The zero-order valence-electron chi connectivity index (χ0n) is 13.6. The normalized spacial score (nSPS) is 10.9. The van der Waals surface area contributed by atoms with Crippen LogP contribution >= 0.6 is 22.9 Å². The number of hydrogen-bond acceptors (Lipinski definition) is 6. The zero-order valence-corrected chi connectivity index (χ0v) is 15.2. The molecule has 4 aromatic rings. The molecule has 27 heavy (non-hydrogen) atoms. The maximum Gasteiger partial charge on any atom is 0.333 e. The Morgan fingerprint density at radius 2 is 1.96 bits per heavy atom. The number of nitrogens with zero attached hydrogens (tertiary/aromatic N) is 3. The maximum atomic E-state index is 12.9. The Balaban J connectivity index is 1.87. The van der Waals surface area contributed by atoms with Crippen LogP contribution in [0.25, 0.3) is 10.9 Å². The molecule has 0 unspecified atom stereocenters. The topological polar surface area (TPSA) is 97.1 Å². The van der Waals surface area contributed by atoms with Crippen LogP contribution < -0.4 is 5.32 Å². The third kappa shape index (κ3) is 3.05. The molecule has 4 rings (SSSR count). The minimum atomic E-state index is -0.667. The van der Waals surface area contributed by atoms with Gasteiger partial charge in [0.2, 0.25) is 11.7 Å². The molecule has 0 atom stereocenters. The van der Waals surface area contributed by atoms with E-state index in [-0.39, 0.29) is 11.3 Å². The van der Waals surface area contributed by atoms with Crippen LogP contribution in [-0.2, 0) is 0 Å². The van der Waals surface area contributed by atoms with Crippen LogP contribution in [0, 0.1) is 0 Å². The van der Waals surface area contributed by atoms with Gasteiger partial charge in [-0.25, -0.2) is 19.3 Å². The molecule has 0 spiro atoms. The first kappa shape index (κ1) is 17.2. The van der Waals surface area contributed by atoms with Crippen molar-refractivity contribution in [2.24, 2.45) is 0 Å². The molecule has 7 nitrogen and oxygen atoms in total. The third-order valence-corrected chi connectivity index (χ3v) is 5.00. The van der Waals surface area contributed by atoms with Gasteiger partial charge in [0.1, 0.15) is 6.33 Å². The number of nitrogens with one attached hydrogen (secondary N) is 1. The van der Waals surface area contributed by atoms with Crippen LogP contribution in [0.1, 0.15) is 15.2 Å². The van der Waals surface area contributed by atoms with Gasteiger partial charge in [0.15, 0.2) is 0 Å². The van der Waals surface area contributed by atoms with E-state index < -0.39 is 11.9 Å². The molecule has 3 heterocycles. The van der Waals surface area contributed by atoms with Crippen LogP contribution in [0.4, 0.5) is 10.5 Å². The average Bonchev–Trinajstić information content (AvgIpc) is 3.27. The van der Waals surface area contributed by atoms with Crippen molar-refractivity contribution in [2.75, 3.05) is 5.32 Å². The van der Waals surface area contributed by atoms with Gasteiger partial charge in [0.05, 0.1) is 34.0 Å². The molecule has 2 N–H and O–H groups in total. The molecule has 0 saturated heterocycles. The number of fused-ring (bicyclic) bond motifs is 1. The van der Waals surface area contributed by atoms with Gasteiger partial charge < -0.3 is 10.4 Å². The van der Waals surface area contributed by atoms with Crippen molar-refractivity contribution in [3.63, 3.8) is 0 Å². The molecular weight excluding hydrogens is 388 g/mol. The molecule has 3 aromatic heterocycles. The number of amides is 1. The predicted molar refractivity (Wildman–Crippen MR) is 103 cm³/mol. The van der Waals surface area contributed by atoms with Crippen LogP contribution in [0.3, 0.4) is 0 Å². The van der Waals surface area contributed by atoms with Gasteiger partial charge in [0, 0.05) is 10.4 Å². The number of thiophene rings is 1. The van der Waals surface area contributed by atoms with Crippen molar-refractivity contribution in [1.29, 1.82) is 0 Å². The Morgan fingerprint density at radius 1 is 1.19 bits per heavy atom. The number of carbonyl (C=O) groups excluding carboxylic acids is 2. The molecule has 1 aromatic carbocycles. The lowest BCUT2D eigenvalue weighted by atomic mass is 10.1. The van der Waals surface area contributed by atoms with Crippen molar-refractivity contribution in [1.82, 2.24) is 14.5 Å². The summed E-state index contributed by atoms with van der Waals surface area (Å²) in [6.45, 7) is 0. The van der Waals surface area contributed by atoms with Crippen molar-refractivity contribution in [3.05, 3.63) is 69.9 Å². The number of benzene rings is 1. The summed E-state index contributed by atoms with van der Waals surface area (Å²) in [5.41, 5.74) is 0.703. The van der Waals surface area contributed by atoms with E-state index in [2.05, 4.69) is 15.3 Å². The summed E-state index contributed by atoms with van der Waals surface area (Å²) in [6, 6.07) is 7.46. The second-order valence-corrected chi connectivity index (χ2v) is 6.94. The molecule has 9 heteroatoms. The standard InChI is InChI=1S/C18H11ClN4O3S/c19-10-3-4-12-13(6-10)23(18(26)22-11-7-20-9-21-8-11)17(25)15(12)16(24)14-2-1-5-27-14/h1-9,25H,(H,22,26). The summed E-state index contributed by atoms with van der Waals surface area (Å²) < 4.78 is 1.01. The highest BCUT2D eigenvalue weighted by atomic mass is 35.5. The van der Waals surface area contributed by atoms with Crippen molar-refractivity contribution >= 4 is 51.3 Å². The smallest absolute Gasteiger partial charge is 0.333 e. The molecule has 0 fully saturated rings. The quantitative estimate of drug-likeness (QED) is 0.505. The largest absolute Gasteiger partial charge is 0.494 e. The zero-order chi connectivity index (χ0) is 19.0. The van der Waals surface area contributed by atoms with Crippen LogP contribution in [0.5, 0.6) is 5.88 Å². The Hall–Kier alpha value is -3.23. The SMILES string of the molecule is O=C(c1cccs1)c1c(O)n(C(=O)Nc2cncnc2)c2cc(Cl)ccc12. The molecule has 134 valence electrons. The van der Waals surface area contributed by atoms with Gasteiger partial charge in [-0.2, -0.15) is 0 Å². The predicted octanol–water partition coefficient (Wildman–Crippen LogP) is 4.16. The Kier molecular flexibility index (Phi) is 4.35. The van der Waals surface area contributed by atoms with Crippen LogP contribution in [-0.4, -0.2) is 31.5 Å². The fourth-order valence-electron chi connectivity index (χ4n) is 2.75. The average molecular weight is 399 g/mol. The Bertz CT molecular complexity index is 1160. The number of rotatable bonds is 3.